The van der Waals surface area contributed by atoms with Crippen LogP contribution in [0.25, 0.3) is 0 Å². The van der Waals surface area contributed by atoms with Crippen molar-refractivity contribution < 1.29 is 28.7 Å². The van der Waals surface area contributed by atoms with E-state index in [1.54, 1.807) is 0 Å². The molecule has 4 atom stereocenters. The van der Waals surface area contributed by atoms with Gasteiger partial charge in [-0.1, -0.05) is 48.5 Å². The molecule has 0 N–H and O–H groups in total. The van der Waals surface area contributed by atoms with Crippen molar-refractivity contribution in [2.24, 2.45) is 21.7 Å². The van der Waals surface area contributed by atoms with Crippen molar-refractivity contribution in [3.8, 4) is 0 Å². The Bertz CT molecular complexity index is 1550. The van der Waals surface area contributed by atoms with E-state index in [0.717, 1.165) is 22.3 Å². The molecule has 5 aliphatic rings. The van der Waals surface area contributed by atoms with E-state index in [-0.39, 0.29) is 23.1 Å². The maximum absolute atomic E-state index is 14.3. The molecule has 240 valence electrons. The first-order chi connectivity index (χ1) is 21.4. The Labute approximate surface area is 271 Å². The van der Waals surface area contributed by atoms with Crippen molar-refractivity contribution in [1.82, 2.24) is 0 Å². The lowest BCUT2D eigenvalue weighted by molar-refractivity contribution is -0.190. The van der Waals surface area contributed by atoms with E-state index < -0.39 is 44.1 Å². The third-order valence-corrected chi connectivity index (χ3v) is 13.2. The second kappa shape index (κ2) is 9.11. The molecule has 2 aromatic carbocycles. The smallest absolute Gasteiger partial charge is 0.164 e. The van der Waals surface area contributed by atoms with Gasteiger partial charge in [0.1, 0.15) is 22.4 Å². The van der Waals surface area contributed by atoms with E-state index in [0.29, 0.717) is 25.7 Å². The summed E-state index contributed by atoms with van der Waals surface area (Å²) in [5.74, 6) is -0.863. The lowest BCUT2D eigenvalue weighted by Gasteiger charge is -2.42. The summed E-state index contributed by atoms with van der Waals surface area (Å²) < 4.78 is 14.2. The fourth-order valence-electron chi connectivity index (χ4n) is 9.68. The third kappa shape index (κ3) is 3.30. The van der Waals surface area contributed by atoms with Crippen molar-refractivity contribution in [2.75, 3.05) is 0 Å². The maximum atomic E-state index is 14.3. The Kier molecular flexibility index (Phi) is 6.16. The van der Waals surface area contributed by atoms with Crippen LogP contribution in [0.2, 0.25) is 0 Å². The van der Waals surface area contributed by atoms with Crippen molar-refractivity contribution in [3.63, 3.8) is 0 Å². The second-order valence-corrected chi connectivity index (χ2v) is 16.2. The van der Waals surface area contributed by atoms with Gasteiger partial charge in [0.2, 0.25) is 0 Å². The Balaban J connectivity index is 1.44. The van der Waals surface area contributed by atoms with Gasteiger partial charge < -0.3 is 9.47 Å². The molecule has 2 aromatic rings. The molecule has 46 heavy (non-hydrogen) atoms. The highest BCUT2D eigenvalue weighted by molar-refractivity contribution is 6.05. The highest BCUT2D eigenvalue weighted by Crippen LogP contribution is 2.71. The summed E-state index contributed by atoms with van der Waals surface area (Å²) in [7, 11) is 0. The van der Waals surface area contributed by atoms with E-state index in [1.165, 1.54) is 24.3 Å². The molecule has 6 heteroatoms. The van der Waals surface area contributed by atoms with Gasteiger partial charge in [-0.25, -0.2) is 0 Å². The van der Waals surface area contributed by atoms with Crippen LogP contribution in [0.1, 0.15) is 103 Å². The summed E-state index contributed by atoms with van der Waals surface area (Å²) in [6.45, 7) is 15.0. The number of hydrogen-bond donors (Lipinski definition) is 0. The van der Waals surface area contributed by atoms with Crippen molar-refractivity contribution in [2.45, 2.75) is 103 Å². The number of allylic oxidation sites excluding steroid dienone is 4. The van der Waals surface area contributed by atoms with Gasteiger partial charge in [0.15, 0.2) is 23.1 Å². The molecule has 0 saturated carbocycles. The molecule has 0 amide bonds. The van der Waals surface area contributed by atoms with Gasteiger partial charge in [0, 0.05) is 0 Å². The number of ketones is 4. The van der Waals surface area contributed by atoms with Crippen molar-refractivity contribution >= 4 is 23.1 Å². The summed E-state index contributed by atoms with van der Waals surface area (Å²) in [5.41, 5.74) is -4.60. The predicted octanol–water partition coefficient (Wildman–Crippen LogP) is 7.32. The number of hydrogen-bond acceptors (Lipinski definition) is 6. The van der Waals surface area contributed by atoms with E-state index in [1.807, 2.05) is 104 Å². The highest BCUT2D eigenvalue weighted by Gasteiger charge is 2.72. The molecule has 6 nitrogen and oxygen atoms in total. The molecule has 0 aromatic heterocycles. The molecule has 5 heterocycles. The Morgan fingerprint density at radius 2 is 0.587 bits per heavy atom. The largest absolute Gasteiger partial charge is 0.357 e. The Hall–Kier alpha value is -3.48. The number of fused-ring (bicyclic) bond motifs is 2. The number of carbonyl (C=O) groups excluding carboxylic acids is 4. The van der Waals surface area contributed by atoms with Crippen LogP contribution < -0.4 is 0 Å². The fraction of sp³-hybridized carbons (Fsp3) is 0.500. The van der Waals surface area contributed by atoms with Crippen LogP contribution in [0, 0.1) is 21.7 Å². The minimum absolute atomic E-state index is 0.216. The van der Waals surface area contributed by atoms with Gasteiger partial charge >= 0.3 is 0 Å². The summed E-state index contributed by atoms with van der Waals surface area (Å²) in [6, 6.07) is 15.7. The minimum atomic E-state index is -1.06. The van der Waals surface area contributed by atoms with Gasteiger partial charge in [-0.05, 0) is 128 Å². The van der Waals surface area contributed by atoms with E-state index >= 15 is 0 Å². The average Bonchev–Trinajstić information content (AvgIpc) is 3.79. The minimum Gasteiger partial charge on any atom is -0.357 e. The fourth-order valence-corrected chi connectivity index (χ4v) is 9.68. The SMILES string of the molecule is CC1(C)C(=O)C=CC(=O)C(C)(C)C23CCC(O2)(c2ccccc23)C(C)(C)C(=O)C=CC(=O)C(C)(C)C23CCC1(O2)c1ccccc13. The van der Waals surface area contributed by atoms with E-state index in [4.69, 9.17) is 9.47 Å². The molecule has 0 spiro atoms. The average molecular weight is 621 g/mol. The summed E-state index contributed by atoms with van der Waals surface area (Å²) in [5, 5.41) is 0. The molecular formula is C40H44O6. The molecule has 5 aliphatic heterocycles. The van der Waals surface area contributed by atoms with Gasteiger partial charge in [-0.15, -0.1) is 0 Å². The van der Waals surface area contributed by atoms with Gasteiger partial charge in [0.25, 0.3) is 0 Å². The first-order valence-electron chi connectivity index (χ1n) is 16.5. The van der Waals surface area contributed by atoms with Crippen molar-refractivity contribution in [1.29, 1.82) is 0 Å². The number of benzene rings is 2. The molecular weight excluding hydrogens is 576 g/mol. The van der Waals surface area contributed by atoms with Gasteiger partial charge in [-0.2, -0.15) is 0 Å². The van der Waals surface area contributed by atoms with Crippen LogP contribution >= 0.6 is 0 Å². The Morgan fingerprint density at radius 3 is 0.783 bits per heavy atom. The quantitative estimate of drug-likeness (QED) is 0.307. The monoisotopic (exact) mass is 620 g/mol. The standard InChI is InChI=1S/C40H44O6/c1-33(2)29(41)17-18-30(42)35(5,6)39-23-24-40(46-39,28-16-12-11-15-27(28)39)36(7,8)32(44)20-19-31(43)34(3,4)38-22-21-37(33,45-38)25-13-9-10-14-26(25)38/h9-20H,21-24H2,1-8H3. The summed E-state index contributed by atoms with van der Waals surface area (Å²) in [6.07, 6.45) is 7.82. The van der Waals surface area contributed by atoms with Crippen molar-refractivity contribution in [3.05, 3.63) is 95.1 Å². The molecule has 0 aliphatic carbocycles. The van der Waals surface area contributed by atoms with Crippen LogP contribution in [0.4, 0.5) is 0 Å². The summed E-state index contributed by atoms with van der Waals surface area (Å²) in [4.78, 5) is 57.0. The second-order valence-electron chi connectivity index (χ2n) is 16.2. The zero-order valence-corrected chi connectivity index (χ0v) is 28.2. The summed E-state index contributed by atoms with van der Waals surface area (Å²) >= 11 is 0. The van der Waals surface area contributed by atoms with Crippen LogP contribution in [0.3, 0.4) is 0 Å². The zero-order chi connectivity index (χ0) is 33.3. The van der Waals surface area contributed by atoms with Gasteiger partial charge in [-0.3, -0.25) is 19.2 Å². The van der Waals surface area contributed by atoms with Crippen LogP contribution in [0.15, 0.2) is 72.8 Å². The number of rotatable bonds is 0. The first-order valence-corrected chi connectivity index (χ1v) is 16.5. The normalized spacial score (nSPS) is 36.3. The van der Waals surface area contributed by atoms with E-state index in [2.05, 4.69) is 0 Å². The number of ether oxygens (including phenoxy) is 2. The third-order valence-electron chi connectivity index (χ3n) is 13.2. The zero-order valence-electron chi connectivity index (χ0n) is 28.2. The van der Waals surface area contributed by atoms with Crippen LogP contribution in [-0.2, 0) is 51.1 Å². The number of carbonyl (C=O) groups is 4. The van der Waals surface area contributed by atoms with Crippen LogP contribution in [0.5, 0.6) is 0 Å². The predicted molar refractivity (Wildman–Crippen MR) is 174 cm³/mol. The van der Waals surface area contributed by atoms with Crippen LogP contribution in [-0.4, -0.2) is 23.1 Å². The molecule has 2 saturated heterocycles. The van der Waals surface area contributed by atoms with Gasteiger partial charge in [0.05, 0.1) is 21.7 Å². The lowest BCUT2D eigenvalue weighted by atomic mass is 9.58. The molecule has 0 radical (unpaired) electrons. The molecule has 7 rings (SSSR count). The topological polar surface area (TPSA) is 86.7 Å². The maximum Gasteiger partial charge on any atom is 0.164 e. The lowest BCUT2D eigenvalue weighted by Crippen LogP contribution is -2.48. The first kappa shape index (κ1) is 31.1. The highest BCUT2D eigenvalue weighted by atomic mass is 16.5. The molecule has 2 fully saturated rings. The Morgan fingerprint density at radius 1 is 0.391 bits per heavy atom. The molecule has 4 unspecified atom stereocenters. The van der Waals surface area contributed by atoms with E-state index in [9.17, 15) is 19.2 Å². The molecule has 4 bridgehead atoms.